The van der Waals surface area contributed by atoms with Gasteiger partial charge in [-0.25, -0.2) is 8.78 Å². The highest BCUT2D eigenvalue weighted by atomic mass is 19.4. The Bertz CT molecular complexity index is 361. The van der Waals surface area contributed by atoms with E-state index >= 15 is 0 Å². The van der Waals surface area contributed by atoms with Gasteiger partial charge in [0.1, 0.15) is 11.6 Å². The molecule has 1 aromatic carbocycles. The average Bonchev–Trinajstić information content (AvgIpc) is 2.13. The molecule has 0 spiro atoms. The first kappa shape index (κ1) is 12.9. The van der Waals surface area contributed by atoms with Gasteiger partial charge in [0, 0.05) is 17.7 Å². The van der Waals surface area contributed by atoms with Crippen LogP contribution in [0.4, 0.5) is 22.0 Å². The van der Waals surface area contributed by atoms with Gasteiger partial charge in [-0.05, 0) is 13.1 Å². The molecular weight excluding hydrogens is 229 g/mol. The van der Waals surface area contributed by atoms with Gasteiger partial charge >= 0.3 is 6.18 Å². The van der Waals surface area contributed by atoms with Crippen LogP contribution in [0.5, 0.6) is 0 Å². The second kappa shape index (κ2) is 4.78. The van der Waals surface area contributed by atoms with Gasteiger partial charge in [0.05, 0.1) is 6.42 Å². The van der Waals surface area contributed by atoms with E-state index in [1.54, 1.807) is 0 Å². The van der Waals surface area contributed by atoms with E-state index in [0.717, 1.165) is 12.1 Å². The molecular formula is C10H10F5N. The Morgan fingerprint density at radius 3 is 2.31 bits per heavy atom. The predicted octanol–water partition coefficient (Wildman–Crippen LogP) is 3.18. The van der Waals surface area contributed by atoms with Crippen LogP contribution in [0.2, 0.25) is 0 Å². The van der Waals surface area contributed by atoms with E-state index in [-0.39, 0.29) is 5.56 Å². The highest BCUT2D eigenvalue weighted by Gasteiger charge is 2.32. The molecule has 0 aliphatic heterocycles. The monoisotopic (exact) mass is 239 g/mol. The Morgan fingerprint density at radius 2 is 1.88 bits per heavy atom. The minimum Gasteiger partial charge on any atom is -0.313 e. The molecule has 1 nitrogen and oxygen atoms in total. The molecule has 90 valence electrons. The molecule has 16 heavy (non-hydrogen) atoms. The van der Waals surface area contributed by atoms with Gasteiger partial charge in [0.25, 0.3) is 0 Å². The summed E-state index contributed by atoms with van der Waals surface area (Å²) in [5.74, 6) is -1.80. The van der Waals surface area contributed by atoms with Crippen LogP contribution < -0.4 is 5.32 Å². The van der Waals surface area contributed by atoms with Crippen LogP contribution in [0.25, 0.3) is 0 Å². The number of hydrogen-bond donors (Lipinski definition) is 1. The number of alkyl halides is 3. The third kappa shape index (κ3) is 3.44. The van der Waals surface area contributed by atoms with E-state index in [0.29, 0.717) is 6.07 Å². The maximum absolute atomic E-state index is 13.2. The number of rotatable bonds is 3. The van der Waals surface area contributed by atoms with Crippen LogP contribution in [-0.4, -0.2) is 13.2 Å². The van der Waals surface area contributed by atoms with Crippen LogP contribution in [-0.2, 0) is 0 Å². The van der Waals surface area contributed by atoms with Crippen molar-refractivity contribution >= 4 is 0 Å². The van der Waals surface area contributed by atoms with E-state index in [2.05, 4.69) is 5.32 Å². The van der Waals surface area contributed by atoms with Gasteiger partial charge in [-0.3, -0.25) is 0 Å². The Balaban J connectivity index is 2.95. The molecule has 1 atom stereocenters. The molecule has 0 amide bonds. The third-order valence-electron chi connectivity index (χ3n) is 2.12. The molecule has 0 heterocycles. The first-order chi connectivity index (χ1) is 7.33. The van der Waals surface area contributed by atoms with E-state index in [4.69, 9.17) is 0 Å². The molecule has 1 rings (SSSR count). The lowest BCUT2D eigenvalue weighted by atomic mass is 10.0. The number of benzene rings is 1. The standard InChI is InChI=1S/C10H10F5N/c1-16-9(5-10(13,14)15)7-3-2-6(11)4-8(7)12/h2-4,9,16H,5H2,1H3. The van der Waals surface area contributed by atoms with E-state index in [1.807, 2.05) is 0 Å². The van der Waals surface area contributed by atoms with E-state index in [1.165, 1.54) is 7.05 Å². The van der Waals surface area contributed by atoms with Crippen LogP contribution in [0, 0.1) is 11.6 Å². The van der Waals surface area contributed by atoms with Gasteiger partial charge in [-0.2, -0.15) is 13.2 Å². The highest BCUT2D eigenvalue weighted by molar-refractivity contribution is 5.22. The van der Waals surface area contributed by atoms with Gasteiger partial charge in [0.15, 0.2) is 0 Å². The average molecular weight is 239 g/mol. The molecule has 1 N–H and O–H groups in total. The molecule has 6 heteroatoms. The van der Waals surface area contributed by atoms with Gasteiger partial charge < -0.3 is 5.32 Å². The number of halogens is 5. The summed E-state index contributed by atoms with van der Waals surface area (Å²) in [6, 6.07) is 1.30. The Labute approximate surface area is 89.3 Å². The van der Waals surface area contributed by atoms with Gasteiger partial charge in [0.2, 0.25) is 0 Å². The minimum atomic E-state index is -4.41. The zero-order chi connectivity index (χ0) is 12.3. The molecule has 0 bridgehead atoms. The molecule has 0 saturated heterocycles. The molecule has 1 aromatic rings. The van der Waals surface area contributed by atoms with Crippen molar-refractivity contribution in [3.63, 3.8) is 0 Å². The molecule has 0 saturated carbocycles. The fraction of sp³-hybridized carbons (Fsp3) is 0.400. The van der Waals surface area contributed by atoms with E-state index in [9.17, 15) is 22.0 Å². The predicted molar refractivity (Wildman–Crippen MR) is 48.8 cm³/mol. The number of nitrogens with one attached hydrogen (secondary N) is 1. The van der Waals surface area contributed by atoms with Crippen LogP contribution in [0.3, 0.4) is 0 Å². The quantitative estimate of drug-likeness (QED) is 0.799. The summed E-state index contributed by atoms with van der Waals surface area (Å²) in [6.07, 6.45) is -5.61. The third-order valence-corrected chi connectivity index (χ3v) is 2.12. The van der Waals surface area contributed by atoms with Crippen molar-refractivity contribution in [1.29, 1.82) is 0 Å². The molecule has 0 aromatic heterocycles. The van der Waals surface area contributed by atoms with E-state index < -0.39 is 30.3 Å². The topological polar surface area (TPSA) is 12.0 Å². The Kier molecular flexibility index (Phi) is 3.85. The van der Waals surface area contributed by atoms with Crippen molar-refractivity contribution in [2.24, 2.45) is 0 Å². The second-order valence-corrected chi connectivity index (χ2v) is 3.33. The smallest absolute Gasteiger partial charge is 0.313 e. The fourth-order valence-corrected chi connectivity index (χ4v) is 1.38. The SMILES string of the molecule is CNC(CC(F)(F)F)c1ccc(F)cc1F. The second-order valence-electron chi connectivity index (χ2n) is 3.33. The summed E-state index contributed by atoms with van der Waals surface area (Å²) < 4.78 is 62.2. The van der Waals surface area contributed by atoms with Crippen molar-refractivity contribution in [1.82, 2.24) is 5.32 Å². The normalized spacial score (nSPS) is 13.9. The summed E-state index contributed by atoms with van der Waals surface area (Å²) in [6.45, 7) is 0. The molecule has 0 fully saturated rings. The fourth-order valence-electron chi connectivity index (χ4n) is 1.38. The summed E-state index contributed by atoms with van der Waals surface area (Å²) in [4.78, 5) is 0. The van der Waals surface area contributed by atoms with Gasteiger partial charge in [-0.1, -0.05) is 6.07 Å². The van der Waals surface area contributed by atoms with Crippen LogP contribution in [0.1, 0.15) is 18.0 Å². The van der Waals surface area contributed by atoms with Crippen LogP contribution in [0.15, 0.2) is 18.2 Å². The zero-order valence-corrected chi connectivity index (χ0v) is 8.41. The Morgan fingerprint density at radius 1 is 1.25 bits per heavy atom. The summed E-state index contributed by atoms with van der Waals surface area (Å²) in [5, 5.41) is 2.35. The maximum Gasteiger partial charge on any atom is 0.390 e. The molecule has 0 radical (unpaired) electrons. The summed E-state index contributed by atoms with van der Waals surface area (Å²) >= 11 is 0. The minimum absolute atomic E-state index is 0.193. The van der Waals surface area contributed by atoms with Crippen molar-refractivity contribution in [3.05, 3.63) is 35.4 Å². The van der Waals surface area contributed by atoms with Crippen LogP contribution >= 0.6 is 0 Å². The first-order valence-electron chi connectivity index (χ1n) is 4.52. The van der Waals surface area contributed by atoms with Crippen molar-refractivity contribution < 1.29 is 22.0 Å². The molecule has 1 unspecified atom stereocenters. The highest BCUT2D eigenvalue weighted by Crippen LogP contribution is 2.30. The molecule has 0 aliphatic rings. The zero-order valence-electron chi connectivity index (χ0n) is 8.41. The lowest BCUT2D eigenvalue weighted by Gasteiger charge is -2.18. The largest absolute Gasteiger partial charge is 0.390 e. The number of hydrogen-bond acceptors (Lipinski definition) is 1. The van der Waals surface area contributed by atoms with Crippen molar-refractivity contribution in [2.75, 3.05) is 7.05 Å². The Hall–Kier alpha value is -1.17. The summed E-state index contributed by atoms with van der Waals surface area (Å²) in [7, 11) is 1.29. The first-order valence-corrected chi connectivity index (χ1v) is 4.52. The lowest BCUT2D eigenvalue weighted by Crippen LogP contribution is -2.24. The maximum atomic E-state index is 13.2. The molecule has 0 aliphatic carbocycles. The summed E-state index contributed by atoms with van der Waals surface area (Å²) in [5.41, 5.74) is -0.193. The lowest BCUT2D eigenvalue weighted by molar-refractivity contribution is -0.140. The van der Waals surface area contributed by atoms with Gasteiger partial charge in [-0.15, -0.1) is 0 Å². The van der Waals surface area contributed by atoms with Crippen molar-refractivity contribution in [3.8, 4) is 0 Å². The van der Waals surface area contributed by atoms with Crippen molar-refractivity contribution in [2.45, 2.75) is 18.6 Å².